The van der Waals surface area contributed by atoms with Gasteiger partial charge in [-0.2, -0.15) is 0 Å². The molecule has 8 heteroatoms. The molecule has 1 saturated heterocycles. The molecule has 3 aromatic rings. The second-order valence-electron chi connectivity index (χ2n) is 8.09. The molecule has 0 spiro atoms. The first-order chi connectivity index (χ1) is 17.0. The van der Waals surface area contributed by atoms with Gasteiger partial charge in [0.25, 0.3) is 5.91 Å². The van der Waals surface area contributed by atoms with E-state index in [2.05, 4.69) is 5.32 Å². The van der Waals surface area contributed by atoms with Crippen molar-refractivity contribution in [3.63, 3.8) is 0 Å². The van der Waals surface area contributed by atoms with Crippen molar-refractivity contribution in [2.75, 3.05) is 23.4 Å². The summed E-state index contributed by atoms with van der Waals surface area (Å²) in [6, 6.07) is 21.8. The fourth-order valence-electron chi connectivity index (χ4n) is 4.00. The zero-order valence-electron chi connectivity index (χ0n) is 19.3. The summed E-state index contributed by atoms with van der Waals surface area (Å²) in [5.41, 5.74) is 2.04. The van der Waals surface area contributed by atoms with Gasteiger partial charge < -0.3 is 15.0 Å². The number of urea groups is 1. The van der Waals surface area contributed by atoms with Gasteiger partial charge in [0.2, 0.25) is 5.91 Å². The highest BCUT2D eigenvalue weighted by atomic mass is 35.5. The van der Waals surface area contributed by atoms with Crippen molar-refractivity contribution in [3.8, 4) is 5.75 Å². The Bertz CT molecular complexity index is 1180. The fourth-order valence-corrected chi connectivity index (χ4v) is 4.12. The van der Waals surface area contributed by atoms with Gasteiger partial charge in [-0.25, -0.2) is 9.69 Å². The first kappa shape index (κ1) is 24.3. The number of carbonyl (C=O) groups is 3. The molecule has 1 heterocycles. The third-order valence-electron chi connectivity index (χ3n) is 5.72. The predicted octanol–water partition coefficient (Wildman–Crippen LogP) is 5.15. The SMILES string of the molecule is CCOc1ccc(NC(=O)C[C@@H]2C(=O)N(c3ccc(Cl)cc3)C(=O)N2CCc2ccccc2)cc1. The number of rotatable bonds is 9. The van der Waals surface area contributed by atoms with Crippen LogP contribution in [0.25, 0.3) is 0 Å². The van der Waals surface area contributed by atoms with Crippen LogP contribution < -0.4 is 15.0 Å². The number of nitrogens with one attached hydrogen (secondary N) is 1. The first-order valence-corrected chi connectivity index (χ1v) is 11.8. The van der Waals surface area contributed by atoms with Crippen LogP contribution in [0.2, 0.25) is 5.02 Å². The van der Waals surface area contributed by atoms with Gasteiger partial charge in [0.15, 0.2) is 0 Å². The molecule has 1 fully saturated rings. The highest BCUT2D eigenvalue weighted by Gasteiger charge is 2.46. The predicted molar refractivity (Wildman–Crippen MR) is 136 cm³/mol. The monoisotopic (exact) mass is 491 g/mol. The normalized spacial score (nSPS) is 15.4. The lowest BCUT2D eigenvalue weighted by Crippen LogP contribution is -2.39. The van der Waals surface area contributed by atoms with E-state index in [0.717, 1.165) is 10.5 Å². The number of hydrogen-bond acceptors (Lipinski definition) is 4. The summed E-state index contributed by atoms with van der Waals surface area (Å²) in [7, 11) is 0. The van der Waals surface area contributed by atoms with E-state index in [1.54, 1.807) is 48.5 Å². The van der Waals surface area contributed by atoms with Gasteiger partial charge in [-0.05, 0) is 67.4 Å². The summed E-state index contributed by atoms with van der Waals surface area (Å²) in [6.07, 6.45) is 0.405. The molecule has 0 bridgehead atoms. The van der Waals surface area contributed by atoms with Crippen LogP contribution in [-0.4, -0.2) is 41.9 Å². The molecule has 4 rings (SSSR count). The van der Waals surface area contributed by atoms with Crippen molar-refractivity contribution in [2.45, 2.75) is 25.8 Å². The van der Waals surface area contributed by atoms with E-state index in [1.165, 1.54) is 4.90 Å². The van der Waals surface area contributed by atoms with Gasteiger partial charge >= 0.3 is 6.03 Å². The van der Waals surface area contributed by atoms with E-state index < -0.39 is 18.0 Å². The average Bonchev–Trinajstić information content (AvgIpc) is 3.09. The van der Waals surface area contributed by atoms with Gasteiger partial charge in [-0.3, -0.25) is 9.59 Å². The Morgan fingerprint density at radius 2 is 1.66 bits per heavy atom. The van der Waals surface area contributed by atoms with Crippen molar-refractivity contribution in [1.29, 1.82) is 0 Å². The molecule has 3 aromatic carbocycles. The molecule has 35 heavy (non-hydrogen) atoms. The minimum absolute atomic E-state index is 0.156. The van der Waals surface area contributed by atoms with Crippen LogP contribution in [-0.2, 0) is 16.0 Å². The summed E-state index contributed by atoms with van der Waals surface area (Å²) in [5, 5.41) is 3.31. The van der Waals surface area contributed by atoms with Crippen LogP contribution in [0.1, 0.15) is 18.9 Å². The van der Waals surface area contributed by atoms with Gasteiger partial charge in [-0.1, -0.05) is 41.9 Å². The van der Waals surface area contributed by atoms with E-state index >= 15 is 0 Å². The molecular weight excluding hydrogens is 466 g/mol. The molecule has 1 N–H and O–H groups in total. The van der Waals surface area contributed by atoms with Crippen molar-refractivity contribution in [2.24, 2.45) is 0 Å². The smallest absolute Gasteiger partial charge is 0.332 e. The Morgan fingerprint density at radius 3 is 2.31 bits per heavy atom. The number of halogens is 1. The summed E-state index contributed by atoms with van der Waals surface area (Å²) in [6.45, 7) is 2.75. The van der Waals surface area contributed by atoms with E-state index in [9.17, 15) is 14.4 Å². The number of imide groups is 1. The Kier molecular flexibility index (Phi) is 7.67. The minimum atomic E-state index is -0.912. The van der Waals surface area contributed by atoms with E-state index in [1.807, 2.05) is 37.3 Å². The summed E-state index contributed by atoms with van der Waals surface area (Å²) < 4.78 is 5.42. The molecular formula is C27H26ClN3O4. The maximum Gasteiger partial charge on any atom is 0.332 e. The quantitative estimate of drug-likeness (QED) is 0.420. The molecule has 1 aliphatic heterocycles. The van der Waals surface area contributed by atoms with Crippen LogP contribution >= 0.6 is 11.6 Å². The van der Waals surface area contributed by atoms with Crippen LogP contribution in [0.5, 0.6) is 5.75 Å². The maximum absolute atomic E-state index is 13.4. The van der Waals surface area contributed by atoms with Crippen LogP contribution in [0.3, 0.4) is 0 Å². The van der Waals surface area contributed by atoms with Crippen molar-refractivity contribution in [3.05, 3.63) is 89.4 Å². The molecule has 7 nitrogen and oxygen atoms in total. The second-order valence-corrected chi connectivity index (χ2v) is 8.52. The van der Waals surface area contributed by atoms with Crippen LogP contribution in [0, 0.1) is 0 Å². The van der Waals surface area contributed by atoms with Gasteiger partial charge in [0, 0.05) is 17.3 Å². The zero-order chi connectivity index (χ0) is 24.8. The van der Waals surface area contributed by atoms with E-state index in [4.69, 9.17) is 16.3 Å². The second kappa shape index (κ2) is 11.1. The largest absolute Gasteiger partial charge is 0.494 e. The van der Waals surface area contributed by atoms with Gasteiger partial charge in [0.1, 0.15) is 11.8 Å². The lowest BCUT2D eigenvalue weighted by molar-refractivity contribution is -0.124. The Labute approximate surface area is 209 Å². The topological polar surface area (TPSA) is 79.0 Å². The molecule has 180 valence electrons. The van der Waals surface area contributed by atoms with E-state index in [-0.39, 0.29) is 12.3 Å². The number of carbonyl (C=O) groups excluding carboxylic acids is 3. The Balaban J connectivity index is 1.52. The number of amides is 4. The molecule has 0 saturated carbocycles. The molecule has 0 aliphatic carbocycles. The number of hydrogen-bond donors (Lipinski definition) is 1. The maximum atomic E-state index is 13.4. The summed E-state index contributed by atoms with van der Waals surface area (Å²) in [4.78, 5) is 42.2. The molecule has 4 amide bonds. The summed E-state index contributed by atoms with van der Waals surface area (Å²) >= 11 is 5.98. The van der Waals surface area contributed by atoms with Crippen LogP contribution in [0.15, 0.2) is 78.9 Å². The van der Waals surface area contributed by atoms with Crippen molar-refractivity contribution >= 4 is 40.8 Å². The molecule has 0 aromatic heterocycles. The molecule has 1 atom stereocenters. The first-order valence-electron chi connectivity index (χ1n) is 11.4. The van der Waals surface area contributed by atoms with Crippen molar-refractivity contribution in [1.82, 2.24) is 4.90 Å². The number of benzene rings is 3. The van der Waals surface area contributed by atoms with E-state index in [0.29, 0.717) is 41.7 Å². The average molecular weight is 492 g/mol. The fraction of sp³-hybridized carbons (Fsp3) is 0.222. The van der Waals surface area contributed by atoms with Crippen molar-refractivity contribution < 1.29 is 19.1 Å². The van der Waals surface area contributed by atoms with Gasteiger partial charge in [0.05, 0.1) is 18.7 Å². The highest BCUT2D eigenvalue weighted by molar-refractivity contribution is 6.30. The number of ether oxygens (including phenoxy) is 1. The number of anilines is 2. The zero-order valence-corrected chi connectivity index (χ0v) is 20.1. The standard InChI is InChI=1S/C27H26ClN3O4/c1-2-35-23-14-10-21(11-15-23)29-25(32)18-24-26(33)31(22-12-8-20(28)9-13-22)27(34)30(24)17-16-19-6-4-3-5-7-19/h3-15,24H,2,16-18H2,1H3,(H,29,32)/t24-/m1/s1. The Morgan fingerprint density at radius 1 is 0.971 bits per heavy atom. The minimum Gasteiger partial charge on any atom is -0.494 e. The highest BCUT2D eigenvalue weighted by Crippen LogP contribution is 2.28. The molecule has 0 unspecified atom stereocenters. The lowest BCUT2D eigenvalue weighted by Gasteiger charge is -2.21. The third kappa shape index (κ3) is 5.81. The molecule has 1 aliphatic rings. The summed E-state index contributed by atoms with van der Waals surface area (Å²) in [5.74, 6) is -0.0945. The number of nitrogens with zero attached hydrogens (tertiary/aromatic N) is 2. The Hall–Kier alpha value is -3.84. The van der Waals surface area contributed by atoms with Crippen LogP contribution in [0.4, 0.5) is 16.2 Å². The lowest BCUT2D eigenvalue weighted by atomic mass is 10.1. The molecule has 0 radical (unpaired) electrons. The third-order valence-corrected chi connectivity index (χ3v) is 5.97. The van der Waals surface area contributed by atoms with Gasteiger partial charge in [-0.15, -0.1) is 0 Å².